The average molecular weight is 1590 g/mol. The third-order valence-corrected chi connectivity index (χ3v) is 22.7. The molecule has 1 N–H and O–H groups in total. The topological polar surface area (TPSA) is 148 Å². The first-order chi connectivity index (χ1) is 55.8. The molecule has 10 rings (SSSR count). The molecule has 622 valence electrons. The summed E-state index contributed by atoms with van der Waals surface area (Å²) in [5, 5.41) is 10.2. The summed E-state index contributed by atoms with van der Waals surface area (Å²) >= 11 is 0. The molecule has 0 heterocycles. The molecular weight excluding hydrogens is 1470 g/mol. The molecule has 20 heteroatoms. The second-order valence-electron chi connectivity index (χ2n) is 30.6. The zero-order valence-corrected chi connectivity index (χ0v) is 67.2. The fraction of sp³-hybridized carbons (Fsp3) is 0.543. The Morgan fingerprint density at radius 1 is 0.298 bits per heavy atom. The highest BCUT2D eigenvalue weighted by atomic mass is 19.2. The molecule has 0 atom stereocenters. The molecule has 7 aromatic carbocycles. The molecule has 0 unspecified atom stereocenters. The number of unbranched alkanes of at least 4 members (excludes halogenated alkanes) is 6. The van der Waals surface area contributed by atoms with E-state index in [4.69, 9.17) is 56.8 Å². The van der Waals surface area contributed by atoms with E-state index < -0.39 is 40.9 Å². The highest BCUT2D eigenvalue weighted by Crippen LogP contribution is 2.44. The van der Waals surface area contributed by atoms with Gasteiger partial charge in [0, 0.05) is 16.7 Å². The molecule has 0 bridgehead atoms. The van der Waals surface area contributed by atoms with Crippen LogP contribution in [-0.2, 0) is 28.4 Å². The zero-order chi connectivity index (χ0) is 80.1. The van der Waals surface area contributed by atoms with Crippen LogP contribution >= 0.6 is 0 Å². The second kappa shape index (κ2) is 48.6. The van der Waals surface area contributed by atoms with E-state index in [1.165, 1.54) is 181 Å². The lowest BCUT2D eigenvalue weighted by Gasteiger charge is -2.29. The molecule has 0 spiro atoms. The Balaban J connectivity index is 0.640. The van der Waals surface area contributed by atoms with Gasteiger partial charge < -0.3 is 61.9 Å². The Morgan fingerprint density at radius 3 is 0.798 bits per heavy atom. The van der Waals surface area contributed by atoms with E-state index in [0.29, 0.717) is 34.4 Å². The van der Waals surface area contributed by atoms with Crippen LogP contribution in [0.2, 0.25) is 0 Å². The number of hydrogen-bond acceptors (Lipinski definition) is 13. The SMILES string of the molecule is CCCCCC1CCC(c2ccc(-c3ccc(OCCOCCOCCOc4cc(C(=O)O)cc(OCCOCCOCCOc5ccc(-c6ccc(C7CCC(CCCCC)CC7)cc6)c(F)c5F)c4OCCOCCOCCOc4ccc(-c5ccc(C6CCC(CCCCC)CC6)cc5)c(F)c4F)c(F)c3F)cc2)CC1. The monoisotopic (exact) mass is 1590 g/mol. The van der Waals surface area contributed by atoms with Gasteiger partial charge in [0.25, 0.3) is 0 Å². The van der Waals surface area contributed by atoms with E-state index in [-0.39, 0.29) is 176 Å². The van der Waals surface area contributed by atoms with Gasteiger partial charge in [-0.25, -0.2) is 18.0 Å². The molecule has 3 aliphatic carbocycles. The molecular formula is C94H120F6O14. The van der Waals surface area contributed by atoms with Crippen molar-refractivity contribution in [3.05, 3.63) is 178 Å². The van der Waals surface area contributed by atoms with Gasteiger partial charge in [-0.2, -0.15) is 13.2 Å². The van der Waals surface area contributed by atoms with E-state index in [9.17, 15) is 9.90 Å². The van der Waals surface area contributed by atoms with Crippen molar-refractivity contribution in [1.29, 1.82) is 0 Å². The normalized spacial score (nSPS) is 17.7. The summed E-state index contributed by atoms with van der Waals surface area (Å²) in [6, 6.07) is 34.9. The van der Waals surface area contributed by atoms with Crippen LogP contribution in [-0.4, -0.2) is 130 Å². The summed E-state index contributed by atoms with van der Waals surface area (Å²) in [4.78, 5) is 12.5. The molecule has 0 aromatic heterocycles. The Kier molecular flexibility index (Phi) is 37.8. The van der Waals surface area contributed by atoms with Gasteiger partial charge in [0.15, 0.2) is 46.2 Å². The van der Waals surface area contributed by atoms with Crippen molar-refractivity contribution in [2.45, 2.75) is 193 Å². The summed E-state index contributed by atoms with van der Waals surface area (Å²) < 4.78 is 162. The zero-order valence-electron chi connectivity index (χ0n) is 67.2. The van der Waals surface area contributed by atoms with Gasteiger partial charge in [0.2, 0.25) is 23.2 Å². The van der Waals surface area contributed by atoms with E-state index in [1.807, 2.05) is 72.8 Å². The molecule has 3 fully saturated rings. The molecule has 14 nitrogen and oxygen atoms in total. The van der Waals surface area contributed by atoms with Crippen LogP contribution < -0.4 is 28.4 Å². The van der Waals surface area contributed by atoms with E-state index in [2.05, 4.69) is 20.8 Å². The van der Waals surface area contributed by atoms with Crippen LogP contribution in [0.25, 0.3) is 33.4 Å². The predicted octanol–water partition coefficient (Wildman–Crippen LogP) is 23.3. The average Bonchev–Trinajstić information content (AvgIpc) is 0.815. The van der Waals surface area contributed by atoms with Gasteiger partial charge in [-0.15, -0.1) is 0 Å². The van der Waals surface area contributed by atoms with Crippen LogP contribution in [0.15, 0.2) is 121 Å². The van der Waals surface area contributed by atoms with Crippen LogP contribution in [0, 0.1) is 52.7 Å². The molecule has 0 saturated heterocycles. The maximum absolute atomic E-state index is 15.5. The van der Waals surface area contributed by atoms with Crippen LogP contribution in [0.1, 0.15) is 220 Å². The fourth-order valence-corrected chi connectivity index (χ4v) is 16.1. The molecule has 7 aromatic rings. The van der Waals surface area contributed by atoms with E-state index >= 15 is 26.3 Å². The molecule has 114 heavy (non-hydrogen) atoms. The number of ether oxygens (including phenoxy) is 12. The number of benzene rings is 7. The van der Waals surface area contributed by atoms with Crippen molar-refractivity contribution >= 4 is 5.97 Å². The minimum atomic E-state index is -1.26. The first-order valence-corrected chi connectivity index (χ1v) is 42.2. The number of aromatic carboxylic acids is 1. The maximum atomic E-state index is 15.5. The van der Waals surface area contributed by atoms with Crippen molar-refractivity contribution in [2.24, 2.45) is 17.8 Å². The van der Waals surface area contributed by atoms with Gasteiger partial charge in [0.05, 0.1) is 84.8 Å². The maximum Gasteiger partial charge on any atom is 0.335 e. The summed E-state index contributed by atoms with van der Waals surface area (Å²) in [7, 11) is 0. The van der Waals surface area contributed by atoms with Crippen molar-refractivity contribution in [1.82, 2.24) is 0 Å². The Hall–Kier alpha value is -7.85. The van der Waals surface area contributed by atoms with Crippen molar-refractivity contribution in [2.75, 3.05) is 119 Å². The third-order valence-electron chi connectivity index (χ3n) is 22.7. The Bertz CT molecular complexity index is 3780. The van der Waals surface area contributed by atoms with Crippen molar-refractivity contribution < 1.29 is 93.1 Å². The molecule has 0 amide bonds. The number of carbonyl (C=O) groups is 1. The lowest BCUT2D eigenvalue weighted by Crippen LogP contribution is -2.16. The van der Waals surface area contributed by atoms with Gasteiger partial charge in [0.1, 0.15) is 39.6 Å². The summed E-state index contributed by atoms with van der Waals surface area (Å²) in [6.07, 6.45) is 29.7. The number of carboxylic acid groups (broad SMARTS) is 1. The van der Waals surface area contributed by atoms with Gasteiger partial charge in [-0.3, -0.25) is 0 Å². The van der Waals surface area contributed by atoms with Crippen LogP contribution in [0.4, 0.5) is 26.3 Å². The minimum Gasteiger partial charge on any atom is -0.488 e. The smallest absolute Gasteiger partial charge is 0.335 e. The molecule has 3 aliphatic rings. The Morgan fingerprint density at radius 2 is 0.544 bits per heavy atom. The minimum absolute atomic E-state index is 0.0366. The standard InChI is InChI=1S/C94H120F6O14/c1-4-7-10-13-66-16-22-69(23-17-66)72-28-34-75(35-29-72)79-40-43-82(90(98)87(79)95)109-58-52-103-46-48-106-55-61-112-85-64-78(94(101)102)65-86(113-62-56-107-49-47-104-53-59-110-83-44-41-80(88(96)91(83)99)76-36-30-73(31-37-76)70-24-18-67(19-25-70)14-11-8-5-2)93(85)114-63-57-108-51-50-105-54-60-111-84-45-42-81(89(97)92(84)100)77-38-32-74(33-39-77)71-26-20-68(21-27-71)15-12-9-6-3/h28-45,64-71H,4-27,46-63H2,1-3H3,(H,101,102). The highest BCUT2D eigenvalue weighted by Gasteiger charge is 2.28. The lowest BCUT2D eigenvalue weighted by atomic mass is 9.77. The van der Waals surface area contributed by atoms with Gasteiger partial charge in [-0.1, -0.05) is 171 Å². The Labute approximate surface area is 671 Å². The first-order valence-electron chi connectivity index (χ1n) is 42.2. The molecule has 0 radical (unpaired) electrons. The number of halogens is 6. The summed E-state index contributed by atoms with van der Waals surface area (Å²) in [5.41, 5.74) is 5.83. The van der Waals surface area contributed by atoms with Crippen LogP contribution in [0.5, 0.6) is 34.5 Å². The molecule has 0 aliphatic heterocycles. The number of carboxylic acids is 1. The largest absolute Gasteiger partial charge is 0.488 e. The van der Waals surface area contributed by atoms with Gasteiger partial charge >= 0.3 is 5.97 Å². The van der Waals surface area contributed by atoms with Gasteiger partial charge in [-0.05, 0) is 194 Å². The van der Waals surface area contributed by atoms with Crippen LogP contribution in [0.3, 0.4) is 0 Å². The predicted molar refractivity (Wildman–Crippen MR) is 433 cm³/mol. The highest BCUT2D eigenvalue weighted by molar-refractivity contribution is 5.89. The fourth-order valence-electron chi connectivity index (χ4n) is 16.1. The number of hydrogen-bond donors (Lipinski definition) is 1. The third kappa shape index (κ3) is 27.4. The second-order valence-corrected chi connectivity index (χ2v) is 30.6. The summed E-state index contributed by atoms with van der Waals surface area (Å²) in [5.74, 6) is -4.07. The quantitative estimate of drug-likeness (QED) is 0.0285. The van der Waals surface area contributed by atoms with Crippen molar-refractivity contribution in [3.8, 4) is 67.9 Å². The van der Waals surface area contributed by atoms with E-state index in [0.717, 1.165) is 56.3 Å². The first kappa shape index (κ1) is 88.5. The van der Waals surface area contributed by atoms with Crippen molar-refractivity contribution in [3.63, 3.8) is 0 Å². The van der Waals surface area contributed by atoms with E-state index in [1.54, 1.807) is 0 Å². The lowest BCUT2D eigenvalue weighted by molar-refractivity contribution is 0.0226. The molecule has 3 saturated carbocycles. The summed E-state index contributed by atoms with van der Waals surface area (Å²) in [6.45, 7) is 7.59. The number of rotatable bonds is 52.